The summed E-state index contributed by atoms with van der Waals surface area (Å²) in [4.78, 5) is 53.5. The standard InChI is InChI=1S/C10H17N3O6S.C6H8O2/c11-5(10(18)19)1-2-7(14)13-6(4-20)9(17)12-3-8(15)16;1-2-3-4-5-6(7)8/h5-6,20H,1-4,11H2,(H,12,17)(H,13,14)(H,15,16)(H,18,19);2-5H,1H3,(H,7,8)/t5-,6-;/m0./s1. The second-order valence-corrected chi connectivity index (χ2v) is 5.49. The van der Waals surface area contributed by atoms with Crippen molar-refractivity contribution >= 4 is 42.4 Å². The first-order valence-electron chi connectivity index (χ1n) is 7.95. The Morgan fingerprint density at radius 3 is 2.14 bits per heavy atom. The number of nitrogens with one attached hydrogen (secondary N) is 2. The van der Waals surface area contributed by atoms with E-state index in [-0.39, 0.29) is 18.6 Å². The molecule has 0 aliphatic rings. The lowest BCUT2D eigenvalue weighted by Gasteiger charge is -2.16. The van der Waals surface area contributed by atoms with Gasteiger partial charge in [-0.05, 0) is 13.3 Å². The van der Waals surface area contributed by atoms with Crippen molar-refractivity contribution in [3.05, 3.63) is 24.3 Å². The van der Waals surface area contributed by atoms with Gasteiger partial charge in [0.2, 0.25) is 11.8 Å². The van der Waals surface area contributed by atoms with E-state index in [0.717, 1.165) is 6.08 Å². The minimum Gasteiger partial charge on any atom is -0.480 e. The molecule has 12 heteroatoms. The van der Waals surface area contributed by atoms with Crippen LogP contribution in [-0.4, -0.2) is 69.4 Å². The summed E-state index contributed by atoms with van der Waals surface area (Å²) < 4.78 is 0. The number of carbonyl (C=O) groups excluding carboxylic acids is 2. The molecule has 0 aromatic rings. The van der Waals surface area contributed by atoms with Gasteiger partial charge in [-0.3, -0.25) is 19.2 Å². The van der Waals surface area contributed by atoms with Crippen molar-refractivity contribution in [2.75, 3.05) is 12.3 Å². The number of carboxylic acids is 3. The zero-order valence-corrected chi connectivity index (χ0v) is 16.1. The summed E-state index contributed by atoms with van der Waals surface area (Å²) in [7, 11) is 0. The number of aliphatic carboxylic acids is 3. The van der Waals surface area contributed by atoms with Gasteiger partial charge in [-0.1, -0.05) is 18.2 Å². The maximum Gasteiger partial charge on any atom is 0.328 e. The summed E-state index contributed by atoms with van der Waals surface area (Å²) in [6.07, 6.45) is 5.75. The van der Waals surface area contributed by atoms with Crippen LogP contribution in [0.2, 0.25) is 0 Å². The van der Waals surface area contributed by atoms with E-state index in [1.165, 1.54) is 6.08 Å². The van der Waals surface area contributed by atoms with E-state index in [1.54, 1.807) is 12.2 Å². The smallest absolute Gasteiger partial charge is 0.328 e. The predicted molar refractivity (Wildman–Crippen MR) is 103 cm³/mol. The van der Waals surface area contributed by atoms with Crippen molar-refractivity contribution in [2.45, 2.75) is 31.8 Å². The topological polar surface area (TPSA) is 196 Å². The van der Waals surface area contributed by atoms with Crippen LogP contribution < -0.4 is 16.4 Å². The Morgan fingerprint density at radius 1 is 1.11 bits per heavy atom. The number of thiol groups is 1. The Kier molecular flexibility index (Phi) is 16.0. The van der Waals surface area contributed by atoms with Crippen molar-refractivity contribution < 1.29 is 39.3 Å². The molecule has 28 heavy (non-hydrogen) atoms. The minimum atomic E-state index is -1.22. The number of allylic oxidation sites excluding steroid dienone is 3. The number of hydrogen-bond acceptors (Lipinski definition) is 7. The van der Waals surface area contributed by atoms with Gasteiger partial charge in [-0.15, -0.1) is 0 Å². The molecule has 0 saturated carbocycles. The lowest BCUT2D eigenvalue weighted by molar-refractivity contribution is -0.139. The lowest BCUT2D eigenvalue weighted by atomic mass is 10.1. The molecular formula is C16H25N3O8S. The molecule has 0 radical (unpaired) electrons. The largest absolute Gasteiger partial charge is 0.480 e. The molecule has 158 valence electrons. The van der Waals surface area contributed by atoms with E-state index in [2.05, 4.69) is 23.3 Å². The predicted octanol–water partition coefficient (Wildman–Crippen LogP) is -1.00. The number of carbonyl (C=O) groups is 5. The van der Waals surface area contributed by atoms with Gasteiger partial charge < -0.3 is 31.7 Å². The van der Waals surface area contributed by atoms with Crippen molar-refractivity contribution in [3.63, 3.8) is 0 Å². The molecule has 0 aliphatic heterocycles. The Labute approximate surface area is 167 Å². The number of rotatable bonds is 11. The monoisotopic (exact) mass is 419 g/mol. The fourth-order valence-electron chi connectivity index (χ4n) is 1.41. The van der Waals surface area contributed by atoms with Crippen LogP contribution in [0, 0.1) is 0 Å². The van der Waals surface area contributed by atoms with Crippen LogP contribution in [0.3, 0.4) is 0 Å². The molecule has 0 aromatic heterocycles. The van der Waals surface area contributed by atoms with Crippen molar-refractivity contribution in [2.24, 2.45) is 5.73 Å². The zero-order chi connectivity index (χ0) is 22.1. The molecule has 0 spiro atoms. The first-order chi connectivity index (χ1) is 13.0. The third kappa shape index (κ3) is 16.6. The Bertz CT molecular complexity index is 607. The van der Waals surface area contributed by atoms with Crippen LogP contribution in [0.15, 0.2) is 24.3 Å². The molecule has 7 N–H and O–H groups in total. The van der Waals surface area contributed by atoms with E-state index in [0.29, 0.717) is 0 Å². The number of carboxylic acid groups (broad SMARTS) is 3. The summed E-state index contributed by atoms with van der Waals surface area (Å²) in [5.74, 6) is -4.62. The molecule has 0 aromatic carbocycles. The van der Waals surface area contributed by atoms with Crippen molar-refractivity contribution in [3.8, 4) is 0 Å². The van der Waals surface area contributed by atoms with E-state index < -0.39 is 48.4 Å². The third-order valence-electron chi connectivity index (χ3n) is 2.79. The van der Waals surface area contributed by atoms with Crippen LogP contribution >= 0.6 is 12.6 Å². The Hall–Kier alpha value is -2.86. The van der Waals surface area contributed by atoms with Gasteiger partial charge in [0.25, 0.3) is 0 Å². The lowest BCUT2D eigenvalue weighted by Crippen LogP contribution is -2.49. The maximum atomic E-state index is 11.5. The molecule has 0 bridgehead atoms. The second kappa shape index (κ2) is 16.3. The highest BCUT2D eigenvalue weighted by atomic mass is 32.1. The number of hydrogen-bond donors (Lipinski definition) is 7. The maximum absolute atomic E-state index is 11.5. The highest BCUT2D eigenvalue weighted by Crippen LogP contribution is 1.97. The van der Waals surface area contributed by atoms with Gasteiger partial charge in [-0.25, -0.2) is 4.79 Å². The molecule has 0 fully saturated rings. The quantitative estimate of drug-likeness (QED) is 0.125. The second-order valence-electron chi connectivity index (χ2n) is 5.12. The van der Waals surface area contributed by atoms with Crippen LogP contribution in [0.1, 0.15) is 19.8 Å². The number of nitrogens with two attached hydrogens (primary N) is 1. The molecule has 0 rings (SSSR count). The zero-order valence-electron chi connectivity index (χ0n) is 15.2. The van der Waals surface area contributed by atoms with Crippen molar-refractivity contribution in [1.82, 2.24) is 10.6 Å². The molecule has 2 amide bonds. The summed E-state index contributed by atoms with van der Waals surface area (Å²) in [5, 5.41) is 29.4. The third-order valence-corrected chi connectivity index (χ3v) is 3.16. The molecule has 11 nitrogen and oxygen atoms in total. The van der Waals surface area contributed by atoms with Crippen molar-refractivity contribution in [1.29, 1.82) is 0 Å². The van der Waals surface area contributed by atoms with Gasteiger partial charge in [0.05, 0.1) is 0 Å². The fraction of sp³-hybridized carbons (Fsp3) is 0.438. The van der Waals surface area contributed by atoms with E-state index >= 15 is 0 Å². The van der Waals surface area contributed by atoms with E-state index in [1.807, 2.05) is 6.92 Å². The van der Waals surface area contributed by atoms with Crippen LogP contribution in [0.25, 0.3) is 0 Å². The molecule has 2 atom stereocenters. The Balaban J connectivity index is 0. The molecule has 0 unspecified atom stereocenters. The molecular weight excluding hydrogens is 394 g/mol. The normalized spacial score (nSPS) is 12.5. The SMILES string of the molecule is CC=CC=CC(=O)O.N[C@@H](CCC(=O)N[C@@H](CS)C(=O)NCC(=O)O)C(=O)O. The van der Waals surface area contributed by atoms with Gasteiger partial charge in [0, 0.05) is 18.2 Å². The average molecular weight is 419 g/mol. The average Bonchev–Trinajstić information content (AvgIpc) is 2.62. The summed E-state index contributed by atoms with van der Waals surface area (Å²) in [6.45, 7) is 1.26. The summed E-state index contributed by atoms with van der Waals surface area (Å²) >= 11 is 3.87. The Morgan fingerprint density at radius 2 is 1.71 bits per heavy atom. The van der Waals surface area contributed by atoms with E-state index in [4.69, 9.17) is 21.1 Å². The molecule has 0 saturated heterocycles. The minimum absolute atomic E-state index is 0.0256. The number of amides is 2. The summed E-state index contributed by atoms with van der Waals surface area (Å²) in [5.41, 5.74) is 5.23. The molecule has 0 heterocycles. The van der Waals surface area contributed by atoms with Gasteiger partial charge in [0.1, 0.15) is 18.6 Å². The van der Waals surface area contributed by atoms with Gasteiger partial charge in [-0.2, -0.15) is 12.6 Å². The first-order valence-corrected chi connectivity index (χ1v) is 8.58. The van der Waals surface area contributed by atoms with Gasteiger partial charge in [0.15, 0.2) is 0 Å². The fourth-order valence-corrected chi connectivity index (χ4v) is 1.66. The molecule has 0 aliphatic carbocycles. The van der Waals surface area contributed by atoms with Gasteiger partial charge >= 0.3 is 17.9 Å². The van der Waals surface area contributed by atoms with E-state index in [9.17, 15) is 24.0 Å². The highest BCUT2D eigenvalue weighted by Gasteiger charge is 2.20. The van der Waals surface area contributed by atoms with Crippen LogP contribution in [0.4, 0.5) is 0 Å². The highest BCUT2D eigenvalue weighted by molar-refractivity contribution is 7.80. The summed E-state index contributed by atoms with van der Waals surface area (Å²) in [6, 6.07) is -2.15. The van der Waals surface area contributed by atoms with Crippen LogP contribution in [-0.2, 0) is 24.0 Å². The van der Waals surface area contributed by atoms with Crippen LogP contribution in [0.5, 0.6) is 0 Å². The first kappa shape index (κ1) is 27.4.